The second-order valence-corrected chi connectivity index (χ2v) is 6.77. The fourth-order valence-corrected chi connectivity index (χ4v) is 3.32. The fourth-order valence-electron chi connectivity index (χ4n) is 2.91. The van der Waals surface area contributed by atoms with E-state index in [-0.39, 0.29) is 0 Å². The van der Waals surface area contributed by atoms with Crippen LogP contribution < -0.4 is 10.1 Å². The first-order chi connectivity index (χ1) is 9.31. The van der Waals surface area contributed by atoms with Gasteiger partial charge in [-0.1, -0.05) is 22.4 Å². The molecule has 1 saturated carbocycles. The average Bonchev–Trinajstić information content (AvgIpc) is 2.82. The second kappa shape index (κ2) is 6.27. The maximum atomic E-state index is 6.06. The standard InChI is InChI=1S/C16H22BrNO/c17-14-6-7-16(19-11-12-3-1-4-12)13(9-14)10-15-5-2-8-18-15/h6-7,9,12,15,18H,1-5,8,10-11H2. The molecule has 1 N–H and O–H groups in total. The van der Waals surface area contributed by atoms with Crippen LogP contribution in [0.15, 0.2) is 22.7 Å². The van der Waals surface area contributed by atoms with E-state index in [1.54, 1.807) is 0 Å². The van der Waals surface area contributed by atoms with Gasteiger partial charge in [-0.25, -0.2) is 0 Å². The van der Waals surface area contributed by atoms with E-state index in [1.165, 1.54) is 37.7 Å². The molecule has 1 saturated heterocycles. The molecule has 2 nitrogen and oxygen atoms in total. The van der Waals surface area contributed by atoms with E-state index < -0.39 is 0 Å². The summed E-state index contributed by atoms with van der Waals surface area (Å²) in [5, 5.41) is 3.57. The van der Waals surface area contributed by atoms with E-state index in [9.17, 15) is 0 Å². The zero-order valence-corrected chi connectivity index (χ0v) is 12.9. The zero-order valence-electron chi connectivity index (χ0n) is 11.3. The summed E-state index contributed by atoms with van der Waals surface area (Å²) in [5.74, 6) is 1.88. The number of benzene rings is 1. The van der Waals surface area contributed by atoms with Crippen LogP contribution in [0.1, 0.15) is 37.7 Å². The minimum atomic E-state index is 0.625. The summed E-state index contributed by atoms with van der Waals surface area (Å²) in [6.07, 6.45) is 7.74. The van der Waals surface area contributed by atoms with E-state index in [0.29, 0.717) is 6.04 Å². The molecule has 3 rings (SSSR count). The topological polar surface area (TPSA) is 21.3 Å². The van der Waals surface area contributed by atoms with Crippen LogP contribution in [-0.4, -0.2) is 19.2 Å². The number of halogens is 1. The maximum absolute atomic E-state index is 6.06. The lowest BCUT2D eigenvalue weighted by Crippen LogP contribution is -2.24. The van der Waals surface area contributed by atoms with Crippen LogP contribution in [-0.2, 0) is 6.42 Å². The molecule has 19 heavy (non-hydrogen) atoms. The predicted molar refractivity (Wildman–Crippen MR) is 81.7 cm³/mol. The third kappa shape index (κ3) is 3.51. The van der Waals surface area contributed by atoms with Crippen LogP contribution in [0.5, 0.6) is 5.75 Å². The summed E-state index contributed by atoms with van der Waals surface area (Å²) < 4.78 is 7.21. The molecular weight excluding hydrogens is 302 g/mol. The third-order valence-electron chi connectivity index (χ3n) is 4.35. The smallest absolute Gasteiger partial charge is 0.122 e. The highest BCUT2D eigenvalue weighted by Gasteiger charge is 2.20. The van der Waals surface area contributed by atoms with Gasteiger partial charge < -0.3 is 10.1 Å². The lowest BCUT2D eigenvalue weighted by molar-refractivity contribution is 0.179. The normalized spacial score (nSPS) is 23.3. The van der Waals surface area contributed by atoms with Gasteiger partial charge >= 0.3 is 0 Å². The molecule has 104 valence electrons. The largest absolute Gasteiger partial charge is 0.493 e. The molecule has 1 unspecified atom stereocenters. The van der Waals surface area contributed by atoms with Crippen molar-refractivity contribution in [1.82, 2.24) is 5.32 Å². The van der Waals surface area contributed by atoms with Gasteiger partial charge in [-0.05, 0) is 68.3 Å². The Balaban J connectivity index is 1.66. The SMILES string of the molecule is Brc1ccc(OCC2CCC2)c(CC2CCCN2)c1. The van der Waals surface area contributed by atoms with Crippen molar-refractivity contribution in [3.63, 3.8) is 0 Å². The molecule has 1 aliphatic carbocycles. The van der Waals surface area contributed by atoms with Crippen LogP contribution in [0.25, 0.3) is 0 Å². The van der Waals surface area contributed by atoms with Crippen LogP contribution in [0, 0.1) is 5.92 Å². The Labute approximate surface area is 124 Å². The first kappa shape index (κ1) is 13.4. The summed E-state index contributed by atoms with van der Waals surface area (Å²) in [4.78, 5) is 0. The Morgan fingerprint density at radius 3 is 2.79 bits per heavy atom. The highest BCUT2D eigenvalue weighted by Crippen LogP contribution is 2.30. The highest BCUT2D eigenvalue weighted by atomic mass is 79.9. The fraction of sp³-hybridized carbons (Fsp3) is 0.625. The number of hydrogen-bond acceptors (Lipinski definition) is 2. The van der Waals surface area contributed by atoms with Gasteiger partial charge in [-0.15, -0.1) is 0 Å². The molecule has 2 aliphatic rings. The van der Waals surface area contributed by atoms with Gasteiger partial charge in [0.25, 0.3) is 0 Å². The van der Waals surface area contributed by atoms with Crippen molar-refractivity contribution in [1.29, 1.82) is 0 Å². The third-order valence-corrected chi connectivity index (χ3v) is 4.84. The zero-order chi connectivity index (χ0) is 13.1. The van der Waals surface area contributed by atoms with E-state index >= 15 is 0 Å². The van der Waals surface area contributed by atoms with E-state index in [1.807, 2.05) is 0 Å². The molecule has 0 radical (unpaired) electrons. The summed E-state index contributed by atoms with van der Waals surface area (Å²) in [5.41, 5.74) is 1.34. The Hall–Kier alpha value is -0.540. The Kier molecular flexibility index (Phi) is 4.44. The van der Waals surface area contributed by atoms with E-state index in [0.717, 1.165) is 35.7 Å². The van der Waals surface area contributed by atoms with Gasteiger partial charge in [0, 0.05) is 10.5 Å². The van der Waals surface area contributed by atoms with Gasteiger partial charge in [-0.2, -0.15) is 0 Å². The quantitative estimate of drug-likeness (QED) is 0.886. The van der Waals surface area contributed by atoms with Crippen molar-refractivity contribution in [3.05, 3.63) is 28.2 Å². The Bertz CT molecular complexity index is 425. The minimum Gasteiger partial charge on any atom is -0.493 e. The Morgan fingerprint density at radius 1 is 1.21 bits per heavy atom. The van der Waals surface area contributed by atoms with Crippen LogP contribution in [0.2, 0.25) is 0 Å². The molecule has 3 heteroatoms. The van der Waals surface area contributed by atoms with Crippen molar-refractivity contribution < 1.29 is 4.74 Å². The molecule has 1 aromatic rings. The lowest BCUT2D eigenvalue weighted by atomic mass is 9.86. The molecule has 2 fully saturated rings. The number of ether oxygens (including phenoxy) is 1. The first-order valence-electron chi connectivity index (χ1n) is 7.46. The van der Waals surface area contributed by atoms with Gasteiger partial charge in [0.2, 0.25) is 0 Å². The average molecular weight is 324 g/mol. The number of hydrogen-bond donors (Lipinski definition) is 1. The maximum Gasteiger partial charge on any atom is 0.122 e. The second-order valence-electron chi connectivity index (χ2n) is 5.86. The monoisotopic (exact) mass is 323 g/mol. The molecule has 0 bridgehead atoms. The van der Waals surface area contributed by atoms with Gasteiger partial charge in [0.1, 0.15) is 5.75 Å². The highest BCUT2D eigenvalue weighted by molar-refractivity contribution is 9.10. The van der Waals surface area contributed by atoms with Crippen LogP contribution in [0.4, 0.5) is 0 Å². The lowest BCUT2D eigenvalue weighted by Gasteiger charge is -2.26. The molecule has 0 amide bonds. The van der Waals surface area contributed by atoms with Crippen molar-refractivity contribution >= 4 is 15.9 Å². The molecule has 1 atom stereocenters. The molecule has 1 aromatic carbocycles. The van der Waals surface area contributed by atoms with Crippen molar-refractivity contribution in [2.45, 2.75) is 44.6 Å². The molecule has 1 heterocycles. The van der Waals surface area contributed by atoms with Crippen molar-refractivity contribution in [3.8, 4) is 5.75 Å². The molecule has 1 aliphatic heterocycles. The summed E-state index contributed by atoms with van der Waals surface area (Å²) in [6, 6.07) is 7.05. The number of nitrogens with one attached hydrogen (secondary N) is 1. The minimum absolute atomic E-state index is 0.625. The summed E-state index contributed by atoms with van der Waals surface area (Å²) >= 11 is 3.57. The predicted octanol–water partition coefficient (Wildman–Crippen LogP) is 3.92. The first-order valence-corrected chi connectivity index (χ1v) is 8.25. The van der Waals surface area contributed by atoms with Crippen molar-refractivity contribution in [2.75, 3.05) is 13.2 Å². The number of rotatable bonds is 5. The Morgan fingerprint density at radius 2 is 2.11 bits per heavy atom. The van der Waals surface area contributed by atoms with Gasteiger partial charge in [0.15, 0.2) is 0 Å². The summed E-state index contributed by atoms with van der Waals surface area (Å²) in [7, 11) is 0. The van der Waals surface area contributed by atoms with Gasteiger partial charge in [-0.3, -0.25) is 0 Å². The van der Waals surface area contributed by atoms with Crippen LogP contribution >= 0.6 is 15.9 Å². The summed E-state index contributed by atoms with van der Waals surface area (Å²) in [6.45, 7) is 2.06. The molecule has 0 aromatic heterocycles. The van der Waals surface area contributed by atoms with Gasteiger partial charge in [0.05, 0.1) is 6.61 Å². The van der Waals surface area contributed by atoms with Crippen molar-refractivity contribution in [2.24, 2.45) is 5.92 Å². The van der Waals surface area contributed by atoms with E-state index in [2.05, 4.69) is 39.4 Å². The van der Waals surface area contributed by atoms with Crippen LogP contribution in [0.3, 0.4) is 0 Å². The van der Waals surface area contributed by atoms with E-state index in [4.69, 9.17) is 4.74 Å². The molecule has 0 spiro atoms. The molecular formula is C16H22BrNO.